The maximum Gasteiger partial charge on any atom is 0.573 e. The Morgan fingerprint density at radius 1 is 1.13 bits per heavy atom. The summed E-state index contributed by atoms with van der Waals surface area (Å²) in [6.07, 6.45) is -3.42. The summed E-state index contributed by atoms with van der Waals surface area (Å²) in [5.41, 5.74) is 5.04. The van der Waals surface area contributed by atoms with E-state index in [0.29, 0.717) is 18.7 Å². The summed E-state index contributed by atoms with van der Waals surface area (Å²) in [4.78, 5) is 46.4. The van der Waals surface area contributed by atoms with E-state index in [-0.39, 0.29) is 28.8 Å². The number of carbonyl (C=O) groups is 1. The number of aromatic nitrogens is 4. The normalized spacial score (nSPS) is 16.0. The highest BCUT2D eigenvalue weighted by molar-refractivity contribution is 5.96. The van der Waals surface area contributed by atoms with Crippen LogP contribution in [0.1, 0.15) is 23.2 Å². The number of benzene rings is 2. The molecule has 0 aliphatic carbocycles. The molecule has 1 fully saturated rings. The van der Waals surface area contributed by atoms with Crippen molar-refractivity contribution in [1.82, 2.24) is 18.7 Å². The topological polar surface area (TPSA) is 117 Å². The van der Waals surface area contributed by atoms with Crippen LogP contribution in [0.15, 0.2) is 64.2 Å². The lowest BCUT2D eigenvalue weighted by molar-refractivity contribution is -0.274. The fourth-order valence-corrected chi connectivity index (χ4v) is 4.78. The molecule has 1 saturated heterocycles. The highest BCUT2D eigenvalue weighted by atomic mass is 19.4. The van der Waals surface area contributed by atoms with E-state index in [1.165, 1.54) is 23.7 Å². The number of imidazole rings is 1. The number of alkyl halides is 3. The SMILES string of the molecule is Cn1c(=O)n(CC(=O)c2ccccc2)c(=O)c2c1nc(N1CCCC(N)C1)n2-c1cccc(OC(F)(F)F)c1. The number of ketones is 1. The number of nitrogens with two attached hydrogens (primary N) is 1. The van der Waals surface area contributed by atoms with Gasteiger partial charge in [-0.05, 0) is 25.0 Å². The highest BCUT2D eigenvalue weighted by Gasteiger charge is 2.32. The Morgan fingerprint density at radius 3 is 2.56 bits per heavy atom. The van der Waals surface area contributed by atoms with Gasteiger partial charge < -0.3 is 15.4 Å². The monoisotopic (exact) mass is 542 g/mol. The maximum absolute atomic E-state index is 13.8. The minimum absolute atomic E-state index is 0.0182. The van der Waals surface area contributed by atoms with E-state index in [1.54, 1.807) is 30.3 Å². The molecule has 2 aromatic heterocycles. The van der Waals surface area contributed by atoms with Gasteiger partial charge in [0.1, 0.15) is 5.75 Å². The van der Waals surface area contributed by atoms with Crippen LogP contribution in [0, 0.1) is 0 Å². The number of nitrogens with zero attached hydrogens (tertiary/aromatic N) is 5. The van der Waals surface area contributed by atoms with Crippen molar-refractivity contribution in [3.05, 3.63) is 81.0 Å². The average Bonchev–Trinajstić information content (AvgIpc) is 3.31. The molecule has 204 valence electrons. The average molecular weight is 543 g/mol. The minimum atomic E-state index is -4.92. The van der Waals surface area contributed by atoms with E-state index in [9.17, 15) is 27.6 Å². The number of hydrogen-bond acceptors (Lipinski definition) is 7. The summed E-state index contributed by atoms with van der Waals surface area (Å²) in [6, 6.07) is 13.2. The van der Waals surface area contributed by atoms with Crippen molar-refractivity contribution in [3.8, 4) is 11.4 Å². The summed E-state index contributed by atoms with van der Waals surface area (Å²) in [6.45, 7) is 0.388. The van der Waals surface area contributed by atoms with E-state index >= 15 is 0 Å². The minimum Gasteiger partial charge on any atom is -0.406 e. The Kier molecular flexibility index (Phi) is 6.76. The Labute approximate surface area is 219 Å². The number of anilines is 1. The highest BCUT2D eigenvalue weighted by Crippen LogP contribution is 2.30. The zero-order valence-electron chi connectivity index (χ0n) is 20.9. The number of Topliss-reactive ketones (excluding diaryl/α,β-unsaturated/α-hetero) is 1. The van der Waals surface area contributed by atoms with E-state index in [0.717, 1.165) is 34.1 Å². The number of fused-ring (bicyclic) bond motifs is 1. The van der Waals surface area contributed by atoms with Gasteiger partial charge in [-0.25, -0.2) is 4.79 Å². The molecule has 10 nitrogen and oxygen atoms in total. The third-order valence-electron chi connectivity index (χ3n) is 6.57. The van der Waals surface area contributed by atoms with Crippen molar-refractivity contribution in [3.63, 3.8) is 0 Å². The van der Waals surface area contributed by atoms with E-state index in [4.69, 9.17) is 5.73 Å². The Balaban J connectivity index is 1.74. The van der Waals surface area contributed by atoms with Gasteiger partial charge >= 0.3 is 12.1 Å². The molecular formula is C26H25F3N6O4. The molecule has 0 bridgehead atoms. The second-order valence-electron chi connectivity index (χ2n) is 9.33. The molecular weight excluding hydrogens is 517 g/mol. The summed E-state index contributed by atoms with van der Waals surface area (Å²) in [5.74, 6) is -0.709. The molecule has 1 aliphatic rings. The number of hydrogen-bond donors (Lipinski definition) is 1. The van der Waals surface area contributed by atoms with Gasteiger partial charge in [-0.15, -0.1) is 13.2 Å². The number of ether oxygens (including phenoxy) is 1. The first-order valence-electron chi connectivity index (χ1n) is 12.2. The molecule has 0 radical (unpaired) electrons. The smallest absolute Gasteiger partial charge is 0.406 e. The third kappa shape index (κ3) is 5.17. The predicted octanol–water partition coefficient (Wildman–Crippen LogP) is 2.59. The van der Waals surface area contributed by atoms with Gasteiger partial charge in [0.25, 0.3) is 5.56 Å². The number of aryl methyl sites for hydroxylation is 1. The quantitative estimate of drug-likeness (QED) is 0.372. The first-order chi connectivity index (χ1) is 18.5. The van der Waals surface area contributed by atoms with Gasteiger partial charge in [-0.3, -0.25) is 23.3 Å². The predicted molar refractivity (Wildman–Crippen MR) is 137 cm³/mol. The first kappa shape index (κ1) is 26.2. The van der Waals surface area contributed by atoms with Crippen molar-refractivity contribution in [2.75, 3.05) is 18.0 Å². The number of piperidine rings is 1. The summed E-state index contributed by atoms with van der Waals surface area (Å²) >= 11 is 0. The van der Waals surface area contributed by atoms with Crippen LogP contribution in [-0.2, 0) is 13.6 Å². The lowest BCUT2D eigenvalue weighted by Crippen LogP contribution is -2.44. The molecule has 0 spiro atoms. The lowest BCUT2D eigenvalue weighted by atomic mass is 10.1. The molecule has 5 rings (SSSR count). The van der Waals surface area contributed by atoms with E-state index in [2.05, 4.69) is 9.72 Å². The zero-order valence-corrected chi connectivity index (χ0v) is 20.9. The van der Waals surface area contributed by atoms with Gasteiger partial charge in [-0.2, -0.15) is 4.98 Å². The number of rotatable bonds is 6. The van der Waals surface area contributed by atoms with Gasteiger partial charge in [0.15, 0.2) is 16.9 Å². The standard InChI is InChI=1S/C26H25F3N6O4/c1-32-22-21(23(37)34(25(32)38)15-20(36)16-7-3-2-4-8-16)35(24(31-22)33-12-6-9-17(30)14-33)18-10-5-11-19(13-18)39-26(27,28)29/h2-5,7-8,10-11,13,17H,6,9,12,14-15,30H2,1H3. The second-order valence-corrected chi connectivity index (χ2v) is 9.33. The van der Waals surface area contributed by atoms with Crippen molar-refractivity contribution in [2.24, 2.45) is 12.8 Å². The molecule has 2 aromatic carbocycles. The molecule has 1 atom stereocenters. The fourth-order valence-electron chi connectivity index (χ4n) is 4.78. The second kappa shape index (κ2) is 10.1. The Hall–Kier alpha value is -4.39. The molecule has 13 heteroatoms. The molecule has 1 unspecified atom stereocenters. The number of carbonyl (C=O) groups excluding carboxylic acids is 1. The van der Waals surface area contributed by atoms with Gasteiger partial charge in [0.05, 0.1) is 12.2 Å². The van der Waals surface area contributed by atoms with Crippen LogP contribution in [0.5, 0.6) is 5.75 Å². The fraction of sp³-hybridized carbons (Fsp3) is 0.308. The van der Waals surface area contributed by atoms with Crippen LogP contribution >= 0.6 is 0 Å². The van der Waals surface area contributed by atoms with Crippen molar-refractivity contribution in [2.45, 2.75) is 31.8 Å². The van der Waals surface area contributed by atoms with Crippen molar-refractivity contribution in [1.29, 1.82) is 0 Å². The zero-order chi connectivity index (χ0) is 27.9. The van der Waals surface area contributed by atoms with Crippen LogP contribution in [0.2, 0.25) is 0 Å². The molecule has 1 aliphatic heterocycles. The largest absolute Gasteiger partial charge is 0.573 e. The third-order valence-corrected chi connectivity index (χ3v) is 6.57. The molecule has 0 saturated carbocycles. The van der Waals surface area contributed by atoms with Crippen LogP contribution in [0.25, 0.3) is 16.9 Å². The van der Waals surface area contributed by atoms with Gasteiger partial charge in [0.2, 0.25) is 5.95 Å². The van der Waals surface area contributed by atoms with Gasteiger partial charge in [0, 0.05) is 37.8 Å². The van der Waals surface area contributed by atoms with E-state index in [1.807, 2.05) is 4.90 Å². The van der Waals surface area contributed by atoms with E-state index < -0.39 is 35.7 Å². The van der Waals surface area contributed by atoms with Crippen LogP contribution in [0.4, 0.5) is 19.1 Å². The van der Waals surface area contributed by atoms with Crippen molar-refractivity contribution < 1.29 is 22.7 Å². The Morgan fingerprint density at radius 2 is 1.87 bits per heavy atom. The Bertz CT molecular complexity index is 1660. The van der Waals surface area contributed by atoms with Gasteiger partial charge in [-0.1, -0.05) is 36.4 Å². The number of halogens is 3. The molecule has 2 N–H and O–H groups in total. The van der Waals surface area contributed by atoms with Crippen LogP contribution in [0.3, 0.4) is 0 Å². The van der Waals surface area contributed by atoms with Crippen LogP contribution in [-0.4, -0.2) is 50.0 Å². The summed E-state index contributed by atoms with van der Waals surface area (Å²) < 4.78 is 46.4. The lowest BCUT2D eigenvalue weighted by Gasteiger charge is -2.31. The summed E-state index contributed by atoms with van der Waals surface area (Å²) in [5, 5.41) is 0. The first-order valence-corrected chi connectivity index (χ1v) is 12.2. The molecule has 3 heterocycles. The molecule has 39 heavy (non-hydrogen) atoms. The van der Waals surface area contributed by atoms with Crippen LogP contribution < -0.4 is 26.6 Å². The van der Waals surface area contributed by atoms with Crippen molar-refractivity contribution >= 4 is 22.9 Å². The molecule has 4 aromatic rings. The molecule has 0 amide bonds. The summed E-state index contributed by atoms with van der Waals surface area (Å²) in [7, 11) is 1.42. The maximum atomic E-state index is 13.8.